The molecule has 0 radical (unpaired) electrons. The fraction of sp³-hybridized carbons (Fsp3) is 0.767. The van der Waals surface area contributed by atoms with Gasteiger partial charge in [-0.2, -0.15) is 23.5 Å². The van der Waals surface area contributed by atoms with E-state index in [1.165, 1.54) is 88.4 Å². The topological polar surface area (TPSA) is 35.5 Å². The van der Waals surface area contributed by atoms with Crippen molar-refractivity contribution in [1.29, 1.82) is 0 Å². The van der Waals surface area contributed by atoms with Crippen LogP contribution in [0.25, 0.3) is 0 Å². The molecule has 0 saturated heterocycles. The number of hydrogen-bond donors (Lipinski definition) is 0. The van der Waals surface area contributed by atoms with Crippen LogP contribution in [0.1, 0.15) is 128 Å². The summed E-state index contributed by atoms with van der Waals surface area (Å²) in [5.41, 5.74) is 2.89. The van der Waals surface area contributed by atoms with Crippen LogP contribution in [0.4, 0.5) is 4.79 Å². The number of unbranched alkanes of at least 4 members (excludes halogenated alkanes) is 10. The van der Waals surface area contributed by atoms with Gasteiger partial charge < -0.3 is 9.47 Å². The zero-order chi connectivity index (χ0) is 25.9. The summed E-state index contributed by atoms with van der Waals surface area (Å²) in [6, 6.07) is 4.42. The smallest absolute Gasteiger partial charge is 0.428 e. The van der Waals surface area contributed by atoms with E-state index in [4.69, 9.17) is 9.47 Å². The summed E-state index contributed by atoms with van der Waals surface area (Å²) in [6.07, 6.45) is 15.3. The molecule has 0 fully saturated rings. The molecule has 3 nitrogen and oxygen atoms in total. The van der Waals surface area contributed by atoms with Gasteiger partial charge in [0.2, 0.25) is 0 Å². The fourth-order valence-corrected chi connectivity index (χ4v) is 5.90. The summed E-state index contributed by atoms with van der Waals surface area (Å²) in [5, 5.41) is 0. The quantitative estimate of drug-likeness (QED) is 0.102. The molecule has 0 aliphatic carbocycles. The maximum Gasteiger partial charge on any atom is 0.514 e. The van der Waals surface area contributed by atoms with Crippen LogP contribution in [0.15, 0.2) is 12.1 Å². The van der Waals surface area contributed by atoms with E-state index in [1.807, 2.05) is 51.2 Å². The van der Waals surface area contributed by atoms with Crippen molar-refractivity contribution in [2.24, 2.45) is 0 Å². The minimum absolute atomic E-state index is 0.565. The van der Waals surface area contributed by atoms with Crippen molar-refractivity contribution < 1.29 is 14.3 Å². The first-order valence-corrected chi connectivity index (χ1v) is 16.3. The Hall–Kier alpha value is -0.810. The number of benzene rings is 1. The number of hydrogen-bond acceptors (Lipinski definition) is 5. The summed E-state index contributed by atoms with van der Waals surface area (Å²) in [6.45, 7) is 12.2. The second-order valence-electron chi connectivity index (χ2n) is 10.6. The molecule has 0 aromatic heterocycles. The third kappa shape index (κ3) is 16.5. The Kier molecular flexibility index (Phi) is 17.8. The van der Waals surface area contributed by atoms with Crippen molar-refractivity contribution in [1.82, 2.24) is 0 Å². The first-order valence-electron chi connectivity index (χ1n) is 14.0. The largest absolute Gasteiger partial charge is 0.514 e. The van der Waals surface area contributed by atoms with E-state index >= 15 is 0 Å². The van der Waals surface area contributed by atoms with Gasteiger partial charge in [-0.25, -0.2) is 4.79 Å². The number of aryl methyl sites for hydroxylation is 1. The SMILES string of the molecule is CCCCCCCCSCc1cc(C)c(OC(=O)OC(C)(C)C)c(CSCCCCCCCC)c1. The van der Waals surface area contributed by atoms with Gasteiger partial charge >= 0.3 is 6.16 Å². The van der Waals surface area contributed by atoms with Crippen LogP contribution in [0.3, 0.4) is 0 Å². The first-order chi connectivity index (χ1) is 16.8. The van der Waals surface area contributed by atoms with Crippen LogP contribution in [0.5, 0.6) is 5.75 Å². The van der Waals surface area contributed by atoms with Gasteiger partial charge in [0.15, 0.2) is 0 Å². The summed E-state index contributed by atoms with van der Waals surface area (Å²) >= 11 is 3.96. The molecule has 0 aliphatic heterocycles. The number of ether oxygens (including phenoxy) is 2. The lowest BCUT2D eigenvalue weighted by Gasteiger charge is -2.20. The van der Waals surface area contributed by atoms with Gasteiger partial charge in [0.25, 0.3) is 0 Å². The third-order valence-electron chi connectivity index (χ3n) is 5.80. The molecular formula is C30H52O3S2. The molecule has 0 atom stereocenters. The van der Waals surface area contributed by atoms with Gasteiger partial charge in [-0.15, -0.1) is 0 Å². The Morgan fingerprint density at radius 3 is 1.83 bits per heavy atom. The molecule has 0 saturated carbocycles. The highest BCUT2D eigenvalue weighted by molar-refractivity contribution is 7.98. The molecule has 0 N–H and O–H groups in total. The highest BCUT2D eigenvalue weighted by Crippen LogP contribution is 2.32. The van der Waals surface area contributed by atoms with Crippen LogP contribution < -0.4 is 4.74 Å². The van der Waals surface area contributed by atoms with Gasteiger partial charge in [-0.1, -0.05) is 90.2 Å². The maximum absolute atomic E-state index is 12.4. The van der Waals surface area contributed by atoms with Crippen LogP contribution in [0, 0.1) is 6.92 Å². The van der Waals surface area contributed by atoms with E-state index in [0.717, 1.165) is 28.4 Å². The minimum Gasteiger partial charge on any atom is -0.428 e. The Labute approximate surface area is 225 Å². The highest BCUT2D eigenvalue weighted by Gasteiger charge is 2.21. The van der Waals surface area contributed by atoms with E-state index in [1.54, 1.807) is 0 Å². The summed E-state index contributed by atoms with van der Waals surface area (Å²) in [4.78, 5) is 12.4. The van der Waals surface area contributed by atoms with E-state index in [9.17, 15) is 4.79 Å². The standard InChI is InChI=1S/C30H52O3S2/c1-7-9-11-13-15-17-19-34-23-26-21-25(3)28(32-29(31)33-30(4,5)6)27(22-26)24-35-20-18-16-14-12-10-8-2/h21-22H,7-20,23-24H2,1-6H3. The molecule has 0 spiro atoms. The molecule has 202 valence electrons. The van der Waals surface area contributed by atoms with Gasteiger partial charge in [-0.05, 0) is 63.2 Å². The second-order valence-corrected chi connectivity index (χ2v) is 12.8. The molecule has 1 aromatic rings. The second kappa shape index (κ2) is 19.3. The Morgan fingerprint density at radius 1 is 0.771 bits per heavy atom. The van der Waals surface area contributed by atoms with Crippen molar-refractivity contribution >= 4 is 29.7 Å². The number of rotatable bonds is 19. The van der Waals surface area contributed by atoms with Crippen LogP contribution >= 0.6 is 23.5 Å². The van der Waals surface area contributed by atoms with Crippen LogP contribution in [-0.2, 0) is 16.2 Å². The lowest BCUT2D eigenvalue weighted by Crippen LogP contribution is -2.26. The predicted octanol–water partition coefficient (Wildman–Crippen LogP) is 10.5. The Morgan fingerprint density at radius 2 is 1.29 bits per heavy atom. The predicted molar refractivity (Wildman–Crippen MR) is 157 cm³/mol. The zero-order valence-electron chi connectivity index (χ0n) is 23.5. The first kappa shape index (κ1) is 32.2. The summed E-state index contributed by atoms with van der Waals surface area (Å²) in [7, 11) is 0. The van der Waals surface area contributed by atoms with E-state index in [0.29, 0.717) is 5.75 Å². The van der Waals surface area contributed by atoms with E-state index < -0.39 is 11.8 Å². The van der Waals surface area contributed by atoms with Crippen molar-refractivity contribution in [3.8, 4) is 5.75 Å². The maximum atomic E-state index is 12.4. The normalized spacial score (nSPS) is 11.6. The molecule has 0 amide bonds. The molecule has 0 bridgehead atoms. The summed E-state index contributed by atoms with van der Waals surface area (Å²) in [5.74, 6) is 4.92. The van der Waals surface area contributed by atoms with Crippen molar-refractivity contribution in [2.45, 2.75) is 136 Å². The Bertz CT molecular complexity index is 698. The van der Waals surface area contributed by atoms with E-state index in [2.05, 4.69) is 26.0 Å². The van der Waals surface area contributed by atoms with Gasteiger partial charge in [0, 0.05) is 17.1 Å². The minimum atomic E-state index is -0.618. The van der Waals surface area contributed by atoms with Gasteiger partial charge in [0.05, 0.1) is 0 Å². The lowest BCUT2D eigenvalue weighted by atomic mass is 10.1. The molecule has 5 heteroatoms. The van der Waals surface area contributed by atoms with Crippen LogP contribution in [0.2, 0.25) is 0 Å². The van der Waals surface area contributed by atoms with E-state index in [-0.39, 0.29) is 0 Å². The molecule has 1 rings (SSSR count). The average Bonchev–Trinajstić information content (AvgIpc) is 2.78. The average molecular weight is 525 g/mol. The van der Waals surface area contributed by atoms with Crippen molar-refractivity contribution in [3.63, 3.8) is 0 Å². The lowest BCUT2D eigenvalue weighted by molar-refractivity contribution is 0.0203. The molecule has 0 heterocycles. The Balaban J connectivity index is 2.66. The van der Waals surface area contributed by atoms with Gasteiger partial charge in [-0.3, -0.25) is 0 Å². The number of thioether (sulfide) groups is 2. The molecule has 0 unspecified atom stereocenters. The molecular weight excluding hydrogens is 472 g/mol. The highest BCUT2D eigenvalue weighted by atomic mass is 32.2. The number of carbonyl (C=O) groups is 1. The molecule has 35 heavy (non-hydrogen) atoms. The third-order valence-corrected chi connectivity index (χ3v) is 8.00. The van der Waals surface area contributed by atoms with Crippen molar-refractivity contribution in [2.75, 3.05) is 11.5 Å². The van der Waals surface area contributed by atoms with Crippen LogP contribution in [-0.4, -0.2) is 23.3 Å². The number of carbonyl (C=O) groups excluding carboxylic acids is 1. The summed E-state index contributed by atoms with van der Waals surface area (Å²) < 4.78 is 11.2. The zero-order valence-corrected chi connectivity index (χ0v) is 25.1. The molecule has 1 aromatic carbocycles. The fourth-order valence-electron chi connectivity index (χ4n) is 3.96. The monoisotopic (exact) mass is 524 g/mol. The van der Waals surface area contributed by atoms with Gasteiger partial charge in [0.1, 0.15) is 11.4 Å². The van der Waals surface area contributed by atoms with Crippen molar-refractivity contribution in [3.05, 3.63) is 28.8 Å². The molecule has 0 aliphatic rings.